The lowest BCUT2D eigenvalue weighted by molar-refractivity contribution is 0.0526. The van der Waals surface area contributed by atoms with E-state index in [9.17, 15) is 14.0 Å². The Hall–Kier alpha value is -1.23. The molecule has 1 rings (SSSR count). The van der Waals surface area contributed by atoms with Gasteiger partial charge in [-0.2, -0.15) is 0 Å². The van der Waals surface area contributed by atoms with E-state index in [-0.39, 0.29) is 23.5 Å². The molecule has 92 valence electrons. The number of benzene rings is 1. The first-order chi connectivity index (χ1) is 7.95. The normalized spacial score (nSPS) is 12.0. The summed E-state index contributed by atoms with van der Waals surface area (Å²) in [4.78, 5) is 22.7. The SMILES string of the molecule is CCOC(=O)c1cc(F)cc(C(=O)C(C)Br)c1. The van der Waals surface area contributed by atoms with Gasteiger partial charge in [-0.3, -0.25) is 4.79 Å². The summed E-state index contributed by atoms with van der Waals surface area (Å²) in [5.74, 6) is -1.55. The van der Waals surface area contributed by atoms with Crippen LogP contribution in [0.5, 0.6) is 0 Å². The largest absolute Gasteiger partial charge is 0.462 e. The molecule has 0 fully saturated rings. The first-order valence-corrected chi connectivity index (χ1v) is 6.03. The molecule has 0 aliphatic rings. The zero-order chi connectivity index (χ0) is 13.0. The van der Waals surface area contributed by atoms with Gasteiger partial charge < -0.3 is 4.74 Å². The van der Waals surface area contributed by atoms with Crippen LogP contribution in [0.1, 0.15) is 34.6 Å². The van der Waals surface area contributed by atoms with Crippen molar-refractivity contribution in [3.63, 3.8) is 0 Å². The molecule has 0 radical (unpaired) electrons. The Balaban J connectivity index is 3.10. The average Bonchev–Trinajstić information content (AvgIpc) is 2.27. The van der Waals surface area contributed by atoms with E-state index < -0.39 is 16.6 Å². The zero-order valence-corrected chi connectivity index (χ0v) is 11.1. The minimum atomic E-state index is -0.636. The van der Waals surface area contributed by atoms with E-state index >= 15 is 0 Å². The maximum atomic E-state index is 13.3. The van der Waals surface area contributed by atoms with Gasteiger partial charge in [-0.25, -0.2) is 9.18 Å². The molecule has 0 amide bonds. The summed E-state index contributed by atoms with van der Waals surface area (Å²) in [6.07, 6.45) is 0. The van der Waals surface area contributed by atoms with Gasteiger partial charge in [0, 0.05) is 5.56 Å². The van der Waals surface area contributed by atoms with E-state index in [1.165, 1.54) is 6.07 Å². The molecule has 17 heavy (non-hydrogen) atoms. The van der Waals surface area contributed by atoms with Crippen LogP contribution < -0.4 is 0 Å². The molecular formula is C12H12BrFO3. The van der Waals surface area contributed by atoms with Crippen molar-refractivity contribution in [2.24, 2.45) is 0 Å². The second-order valence-electron chi connectivity index (χ2n) is 3.43. The molecule has 5 heteroatoms. The van der Waals surface area contributed by atoms with Crippen LogP contribution >= 0.6 is 15.9 Å². The van der Waals surface area contributed by atoms with Crippen molar-refractivity contribution in [2.75, 3.05) is 6.61 Å². The summed E-state index contributed by atoms with van der Waals surface area (Å²) in [6.45, 7) is 3.49. The monoisotopic (exact) mass is 302 g/mol. The van der Waals surface area contributed by atoms with Crippen LogP contribution in [-0.4, -0.2) is 23.2 Å². The number of esters is 1. The van der Waals surface area contributed by atoms with Crippen molar-refractivity contribution >= 4 is 27.7 Å². The molecule has 1 atom stereocenters. The molecule has 3 nitrogen and oxygen atoms in total. The fourth-order valence-electron chi connectivity index (χ4n) is 1.29. The maximum Gasteiger partial charge on any atom is 0.338 e. The number of halogens is 2. The smallest absolute Gasteiger partial charge is 0.338 e. The van der Waals surface area contributed by atoms with Crippen molar-refractivity contribution < 1.29 is 18.7 Å². The number of ether oxygens (including phenoxy) is 1. The molecule has 1 aromatic carbocycles. The van der Waals surface area contributed by atoms with Gasteiger partial charge in [0.15, 0.2) is 5.78 Å². The molecule has 0 spiro atoms. The van der Waals surface area contributed by atoms with Crippen LogP contribution in [0.4, 0.5) is 4.39 Å². The Labute approximate surface area is 107 Å². The van der Waals surface area contributed by atoms with Gasteiger partial charge in [-0.1, -0.05) is 15.9 Å². The predicted molar refractivity (Wildman–Crippen MR) is 65.1 cm³/mol. The van der Waals surface area contributed by atoms with Crippen molar-refractivity contribution in [1.82, 2.24) is 0 Å². The van der Waals surface area contributed by atoms with Gasteiger partial charge in [0.2, 0.25) is 0 Å². The molecule has 0 saturated heterocycles. The number of carbonyl (C=O) groups is 2. The molecule has 1 unspecified atom stereocenters. The molecule has 0 N–H and O–H groups in total. The minimum Gasteiger partial charge on any atom is -0.462 e. The number of hydrogen-bond donors (Lipinski definition) is 0. The number of hydrogen-bond acceptors (Lipinski definition) is 3. The highest BCUT2D eigenvalue weighted by Gasteiger charge is 2.16. The van der Waals surface area contributed by atoms with Crippen LogP contribution in [0.25, 0.3) is 0 Å². The number of Topliss-reactive ketones (excluding diaryl/α,β-unsaturated/α-hetero) is 1. The van der Waals surface area contributed by atoms with Crippen LogP contribution in [-0.2, 0) is 4.74 Å². The third-order valence-corrected chi connectivity index (χ3v) is 2.47. The minimum absolute atomic E-state index is 0.0448. The quantitative estimate of drug-likeness (QED) is 0.488. The van der Waals surface area contributed by atoms with Crippen molar-refractivity contribution in [3.05, 3.63) is 35.1 Å². The van der Waals surface area contributed by atoms with Gasteiger partial charge in [-0.15, -0.1) is 0 Å². The average molecular weight is 303 g/mol. The number of carbonyl (C=O) groups excluding carboxylic acids is 2. The molecular weight excluding hydrogens is 291 g/mol. The number of ketones is 1. The van der Waals surface area contributed by atoms with Crippen LogP contribution in [0.2, 0.25) is 0 Å². The fraction of sp³-hybridized carbons (Fsp3) is 0.333. The number of alkyl halides is 1. The van der Waals surface area contributed by atoms with Gasteiger partial charge in [0.05, 0.1) is 17.0 Å². The maximum absolute atomic E-state index is 13.3. The highest BCUT2D eigenvalue weighted by Crippen LogP contribution is 2.15. The summed E-state index contributed by atoms with van der Waals surface area (Å²) < 4.78 is 18.0. The molecule has 0 aliphatic heterocycles. The molecule has 1 aromatic rings. The Morgan fingerprint density at radius 2 is 1.94 bits per heavy atom. The van der Waals surface area contributed by atoms with Crippen molar-refractivity contribution in [3.8, 4) is 0 Å². The summed E-state index contributed by atoms with van der Waals surface area (Å²) in [7, 11) is 0. The summed E-state index contributed by atoms with van der Waals surface area (Å²) in [5, 5.41) is 0. The van der Waals surface area contributed by atoms with Gasteiger partial charge in [0.1, 0.15) is 5.82 Å². The predicted octanol–water partition coefficient (Wildman–Crippen LogP) is 2.97. The van der Waals surface area contributed by atoms with E-state index in [0.717, 1.165) is 12.1 Å². The first kappa shape index (κ1) is 13.8. The summed E-state index contributed by atoms with van der Waals surface area (Å²) in [5.41, 5.74) is 0.195. The first-order valence-electron chi connectivity index (χ1n) is 5.11. The third kappa shape index (κ3) is 3.63. The van der Waals surface area contributed by atoms with E-state index in [2.05, 4.69) is 15.9 Å². The molecule has 0 saturated carbocycles. The van der Waals surface area contributed by atoms with E-state index in [0.29, 0.717) is 0 Å². The van der Waals surface area contributed by atoms with Crippen LogP contribution in [0, 0.1) is 5.82 Å². The zero-order valence-electron chi connectivity index (χ0n) is 9.50. The van der Waals surface area contributed by atoms with Crippen LogP contribution in [0.15, 0.2) is 18.2 Å². The van der Waals surface area contributed by atoms with Crippen molar-refractivity contribution in [1.29, 1.82) is 0 Å². The Morgan fingerprint density at radius 1 is 1.35 bits per heavy atom. The molecule has 0 bridgehead atoms. The highest BCUT2D eigenvalue weighted by atomic mass is 79.9. The van der Waals surface area contributed by atoms with Gasteiger partial charge in [0.25, 0.3) is 0 Å². The third-order valence-electron chi connectivity index (χ3n) is 2.05. The Morgan fingerprint density at radius 3 is 2.47 bits per heavy atom. The Kier molecular flexibility index (Phi) is 4.81. The Bertz CT molecular complexity index is 443. The van der Waals surface area contributed by atoms with E-state index in [1.54, 1.807) is 13.8 Å². The van der Waals surface area contributed by atoms with Crippen LogP contribution in [0.3, 0.4) is 0 Å². The van der Waals surface area contributed by atoms with Gasteiger partial charge >= 0.3 is 5.97 Å². The second-order valence-corrected chi connectivity index (χ2v) is 4.80. The molecule has 0 heterocycles. The topological polar surface area (TPSA) is 43.4 Å². The lowest BCUT2D eigenvalue weighted by Crippen LogP contribution is -2.12. The number of rotatable bonds is 4. The van der Waals surface area contributed by atoms with E-state index in [4.69, 9.17) is 4.74 Å². The van der Waals surface area contributed by atoms with Crippen molar-refractivity contribution in [2.45, 2.75) is 18.7 Å². The fourth-order valence-corrected chi connectivity index (χ4v) is 1.56. The summed E-state index contributed by atoms with van der Waals surface area (Å²) >= 11 is 3.11. The lowest BCUT2D eigenvalue weighted by atomic mass is 10.1. The standard InChI is InChI=1S/C12H12BrFO3/c1-3-17-12(16)9-4-8(5-10(14)6-9)11(15)7(2)13/h4-7H,3H2,1-2H3. The highest BCUT2D eigenvalue weighted by molar-refractivity contribution is 9.10. The lowest BCUT2D eigenvalue weighted by Gasteiger charge is -2.06. The second kappa shape index (κ2) is 5.91. The molecule has 0 aliphatic carbocycles. The van der Waals surface area contributed by atoms with Gasteiger partial charge in [-0.05, 0) is 32.0 Å². The summed E-state index contributed by atoms with van der Waals surface area (Å²) in [6, 6.07) is 3.48. The van der Waals surface area contributed by atoms with E-state index in [1.807, 2.05) is 0 Å². The molecule has 0 aromatic heterocycles.